The Labute approximate surface area is 126 Å². The van der Waals surface area contributed by atoms with Gasteiger partial charge in [0.2, 0.25) is 5.78 Å². The number of nitrogens with zero attached hydrogens (tertiary/aromatic N) is 1. The Bertz CT molecular complexity index is 727. The maximum atomic E-state index is 12.5. The van der Waals surface area contributed by atoms with E-state index in [0.29, 0.717) is 22.6 Å². The highest BCUT2D eigenvalue weighted by Gasteiger charge is 2.44. The molecule has 2 atom stereocenters. The van der Waals surface area contributed by atoms with Gasteiger partial charge in [-0.15, -0.1) is 0 Å². The van der Waals surface area contributed by atoms with Crippen LogP contribution < -0.4 is 10.1 Å². The van der Waals surface area contributed by atoms with Crippen molar-refractivity contribution >= 4 is 11.5 Å². The molecule has 0 unspecified atom stereocenters. The highest BCUT2D eigenvalue weighted by atomic mass is 16.6. The molecule has 0 saturated heterocycles. The zero-order chi connectivity index (χ0) is 15.7. The van der Waals surface area contributed by atoms with Gasteiger partial charge in [-0.2, -0.15) is 0 Å². The van der Waals surface area contributed by atoms with Crippen LogP contribution in [-0.2, 0) is 0 Å². The quantitative estimate of drug-likeness (QED) is 0.696. The van der Waals surface area contributed by atoms with Crippen molar-refractivity contribution < 1.29 is 14.5 Å². The first kappa shape index (κ1) is 14.1. The molecule has 1 N–H and O–H groups in total. The zero-order valence-electron chi connectivity index (χ0n) is 11.9. The summed E-state index contributed by atoms with van der Waals surface area (Å²) in [4.78, 5) is 23.3. The van der Waals surface area contributed by atoms with E-state index in [1.165, 1.54) is 0 Å². The minimum absolute atomic E-state index is 0.356. The molecule has 2 aromatic carbocycles. The summed E-state index contributed by atoms with van der Waals surface area (Å²) in [5.41, 5.74) is 1.64. The van der Waals surface area contributed by atoms with E-state index in [-0.39, 0.29) is 0 Å². The van der Waals surface area contributed by atoms with Gasteiger partial charge in [0.05, 0.1) is 7.11 Å². The summed E-state index contributed by atoms with van der Waals surface area (Å²) in [6.07, 6.45) is 0. The Balaban J connectivity index is 2.05. The number of hydrogen-bond donors (Lipinski definition) is 1. The standard InChI is InChI=1S/C16H14N2O4/c1-22-11-8-6-10(7-9-11)14-15(18(20)21)16(19)12-4-2-3-5-13(12)17-14/h2-9,14-15,17H,1H3/t14-,15-/m0/s1. The molecule has 22 heavy (non-hydrogen) atoms. The van der Waals surface area contributed by atoms with Crippen LogP contribution >= 0.6 is 0 Å². The van der Waals surface area contributed by atoms with E-state index in [2.05, 4.69) is 5.32 Å². The van der Waals surface area contributed by atoms with E-state index < -0.39 is 22.8 Å². The normalized spacial score (nSPS) is 20.0. The lowest BCUT2D eigenvalue weighted by Gasteiger charge is -2.28. The third kappa shape index (κ3) is 2.28. The highest BCUT2D eigenvalue weighted by Crippen LogP contribution is 2.34. The monoisotopic (exact) mass is 298 g/mol. The van der Waals surface area contributed by atoms with Gasteiger partial charge < -0.3 is 10.1 Å². The van der Waals surface area contributed by atoms with E-state index in [1.807, 2.05) is 0 Å². The summed E-state index contributed by atoms with van der Waals surface area (Å²) in [5, 5.41) is 14.5. The molecular formula is C16H14N2O4. The second kappa shape index (κ2) is 5.48. The molecule has 112 valence electrons. The fourth-order valence-corrected chi connectivity index (χ4v) is 2.68. The van der Waals surface area contributed by atoms with Crippen molar-refractivity contribution in [2.45, 2.75) is 12.1 Å². The summed E-state index contributed by atoms with van der Waals surface area (Å²) >= 11 is 0. The minimum Gasteiger partial charge on any atom is -0.497 e. The van der Waals surface area contributed by atoms with Crippen molar-refractivity contribution in [2.75, 3.05) is 12.4 Å². The summed E-state index contributed by atoms with van der Waals surface area (Å²) in [6.45, 7) is 0. The number of Topliss-reactive ketones (excluding diaryl/α,β-unsaturated/α-hetero) is 1. The molecule has 6 nitrogen and oxygen atoms in total. The van der Waals surface area contributed by atoms with Crippen molar-refractivity contribution in [3.63, 3.8) is 0 Å². The molecule has 1 aliphatic heterocycles. The maximum Gasteiger partial charge on any atom is 0.298 e. The number of carbonyl (C=O) groups excluding carboxylic acids is 1. The number of rotatable bonds is 3. The van der Waals surface area contributed by atoms with Crippen LogP contribution in [0.3, 0.4) is 0 Å². The smallest absolute Gasteiger partial charge is 0.298 e. The van der Waals surface area contributed by atoms with E-state index in [0.717, 1.165) is 0 Å². The maximum absolute atomic E-state index is 12.5. The summed E-state index contributed by atoms with van der Waals surface area (Å²) in [5.74, 6) is 0.184. The molecule has 6 heteroatoms. The van der Waals surface area contributed by atoms with Gasteiger partial charge in [0.25, 0.3) is 6.04 Å². The van der Waals surface area contributed by atoms with Crippen molar-refractivity contribution in [2.24, 2.45) is 0 Å². The topological polar surface area (TPSA) is 81.5 Å². The number of carbonyl (C=O) groups is 1. The summed E-state index contributed by atoms with van der Waals surface area (Å²) in [7, 11) is 1.55. The lowest BCUT2D eigenvalue weighted by atomic mass is 9.88. The van der Waals surface area contributed by atoms with Crippen LogP contribution in [0.1, 0.15) is 22.0 Å². The molecule has 1 heterocycles. The number of ether oxygens (including phenoxy) is 1. The molecule has 0 radical (unpaired) electrons. The predicted molar refractivity (Wildman–Crippen MR) is 80.9 cm³/mol. The molecule has 0 fully saturated rings. The van der Waals surface area contributed by atoms with Gasteiger partial charge in [0, 0.05) is 16.2 Å². The molecule has 0 aromatic heterocycles. The van der Waals surface area contributed by atoms with Gasteiger partial charge in [-0.25, -0.2) is 0 Å². The minimum atomic E-state index is -1.34. The van der Waals surface area contributed by atoms with E-state index in [1.54, 1.807) is 55.6 Å². The van der Waals surface area contributed by atoms with Gasteiger partial charge in [-0.3, -0.25) is 14.9 Å². The van der Waals surface area contributed by atoms with E-state index in [4.69, 9.17) is 4.74 Å². The van der Waals surface area contributed by atoms with Crippen molar-refractivity contribution in [1.82, 2.24) is 0 Å². The number of nitrogens with one attached hydrogen (secondary N) is 1. The van der Waals surface area contributed by atoms with Crippen molar-refractivity contribution in [1.29, 1.82) is 0 Å². The average molecular weight is 298 g/mol. The molecule has 0 saturated carbocycles. The first-order valence-electron chi connectivity index (χ1n) is 6.79. The molecular weight excluding hydrogens is 284 g/mol. The van der Waals surface area contributed by atoms with Crippen LogP contribution in [0.2, 0.25) is 0 Å². The SMILES string of the molecule is COc1ccc([C@@H]2Nc3ccccc3C(=O)[C@H]2[N+](=O)[O-])cc1. The lowest BCUT2D eigenvalue weighted by molar-refractivity contribution is -0.508. The molecule has 2 aromatic rings. The van der Waals surface area contributed by atoms with Crippen molar-refractivity contribution in [3.8, 4) is 5.75 Å². The average Bonchev–Trinajstić information content (AvgIpc) is 2.54. The largest absolute Gasteiger partial charge is 0.497 e. The fourth-order valence-electron chi connectivity index (χ4n) is 2.68. The lowest BCUT2D eigenvalue weighted by Crippen LogP contribution is -2.43. The van der Waals surface area contributed by atoms with Gasteiger partial charge in [-0.05, 0) is 29.8 Å². The number of anilines is 1. The van der Waals surface area contributed by atoms with E-state index in [9.17, 15) is 14.9 Å². The van der Waals surface area contributed by atoms with Gasteiger partial charge >= 0.3 is 0 Å². The van der Waals surface area contributed by atoms with Crippen LogP contribution in [0.5, 0.6) is 5.75 Å². The third-order valence-electron chi connectivity index (χ3n) is 3.79. The molecule has 0 amide bonds. The van der Waals surface area contributed by atoms with Crippen LogP contribution in [-0.4, -0.2) is 23.9 Å². The Morgan fingerprint density at radius 1 is 1.14 bits per heavy atom. The number of benzene rings is 2. The number of nitro groups is 1. The first-order chi connectivity index (χ1) is 10.6. The second-order valence-electron chi connectivity index (χ2n) is 5.04. The van der Waals surface area contributed by atoms with Crippen LogP contribution in [0, 0.1) is 10.1 Å². The number of para-hydroxylation sites is 1. The zero-order valence-corrected chi connectivity index (χ0v) is 11.9. The molecule has 0 bridgehead atoms. The predicted octanol–water partition coefficient (Wildman–Crippen LogP) is 2.69. The summed E-state index contributed by atoms with van der Waals surface area (Å²) < 4.78 is 5.09. The number of ketones is 1. The Morgan fingerprint density at radius 3 is 2.45 bits per heavy atom. The summed E-state index contributed by atoms with van der Waals surface area (Å²) in [6, 6.07) is 11.7. The Kier molecular flexibility index (Phi) is 3.50. The number of methoxy groups -OCH3 is 1. The molecule has 3 rings (SSSR count). The van der Waals surface area contributed by atoms with Gasteiger partial charge in [0.15, 0.2) is 0 Å². The Hall–Kier alpha value is -2.89. The molecule has 0 aliphatic carbocycles. The third-order valence-corrected chi connectivity index (χ3v) is 3.79. The van der Waals surface area contributed by atoms with Crippen LogP contribution in [0.4, 0.5) is 5.69 Å². The first-order valence-corrected chi connectivity index (χ1v) is 6.79. The second-order valence-corrected chi connectivity index (χ2v) is 5.04. The van der Waals surface area contributed by atoms with Gasteiger partial charge in [0.1, 0.15) is 11.8 Å². The van der Waals surface area contributed by atoms with Gasteiger partial charge in [-0.1, -0.05) is 24.3 Å². The number of fused-ring (bicyclic) bond motifs is 1. The number of hydrogen-bond acceptors (Lipinski definition) is 5. The Morgan fingerprint density at radius 2 is 1.82 bits per heavy atom. The molecule has 0 spiro atoms. The van der Waals surface area contributed by atoms with E-state index >= 15 is 0 Å². The molecule has 1 aliphatic rings. The fraction of sp³-hybridized carbons (Fsp3) is 0.188. The van der Waals surface area contributed by atoms with Crippen LogP contribution in [0.15, 0.2) is 48.5 Å². The van der Waals surface area contributed by atoms with Crippen LogP contribution in [0.25, 0.3) is 0 Å². The highest BCUT2D eigenvalue weighted by molar-refractivity contribution is 6.06. The van der Waals surface area contributed by atoms with Crippen molar-refractivity contribution in [3.05, 3.63) is 69.8 Å².